The summed E-state index contributed by atoms with van der Waals surface area (Å²) in [4.78, 5) is 14.5. The second kappa shape index (κ2) is 6.20. The number of carbonyl (C=O) groups excluding carboxylic acids is 1. The van der Waals surface area contributed by atoms with Gasteiger partial charge >= 0.3 is 0 Å². The molecule has 0 saturated heterocycles. The first kappa shape index (κ1) is 14.1. The summed E-state index contributed by atoms with van der Waals surface area (Å²) in [5.74, 6) is 0.0832. The first-order valence-corrected chi connectivity index (χ1v) is 7.26. The van der Waals surface area contributed by atoms with Crippen LogP contribution in [0.1, 0.15) is 49.8 Å². The van der Waals surface area contributed by atoms with E-state index in [0.717, 1.165) is 37.8 Å². The molecule has 0 bridgehead atoms. The van der Waals surface area contributed by atoms with Crippen LogP contribution in [0.25, 0.3) is 0 Å². The Bertz CT molecular complexity index is 423. The molecule has 2 N–H and O–H groups in total. The average molecular weight is 260 g/mol. The van der Waals surface area contributed by atoms with Gasteiger partial charge < -0.3 is 10.6 Å². The lowest BCUT2D eigenvalue weighted by atomic mass is 10.0. The molecule has 0 radical (unpaired) electrons. The van der Waals surface area contributed by atoms with Crippen LogP contribution in [0.2, 0.25) is 0 Å². The van der Waals surface area contributed by atoms with E-state index in [1.165, 1.54) is 5.56 Å². The third-order valence-electron chi connectivity index (χ3n) is 3.73. The van der Waals surface area contributed by atoms with Crippen LogP contribution in [0, 0.1) is 6.92 Å². The topological polar surface area (TPSA) is 46.3 Å². The fraction of sp³-hybridized carbons (Fsp3) is 0.562. The van der Waals surface area contributed by atoms with Gasteiger partial charge in [-0.3, -0.25) is 4.79 Å². The van der Waals surface area contributed by atoms with Crippen LogP contribution in [0.4, 0.5) is 0 Å². The summed E-state index contributed by atoms with van der Waals surface area (Å²) in [5.41, 5.74) is 8.24. The lowest BCUT2D eigenvalue weighted by Crippen LogP contribution is -2.40. The molecule has 0 aliphatic heterocycles. The van der Waals surface area contributed by atoms with Crippen molar-refractivity contribution in [3.8, 4) is 0 Å². The number of unbranched alkanes of at least 4 members (excludes halogenated alkanes) is 1. The summed E-state index contributed by atoms with van der Waals surface area (Å²) in [6.07, 6.45) is 4.44. The number of nitrogens with two attached hydrogens (primary N) is 1. The molecule has 1 aromatic carbocycles. The van der Waals surface area contributed by atoms with Gasteiger partial charge in [0.2, 0.25) is 5.91 Å². The number of hydrogen-bond acceptors (Lipinski definition) is 2. The molecule has 3 nitrogen and oxygen atoms in total. The number of amides is 1. The highest BCUT2D eigenvalue weighted by atomic mass is 16.2. The zero-order valence-corrected chi connectivity index (χ0v) is 11.9. The molecule has 2 rings (SSSR count). The van der Waals surface area contributed by atoms with E-state index in [2.05, 4.69) is 6.92 Å². The molecule has 1 aliphatic carbocycles. The molecule has 0 heterocycles. The third-order valence-corrected chi connectivity index (χ3v) is 3.73. The van der Waals surface area contributed by atoms with Crippen LogP contribution in [-0.2, 0) is 4.79 Å². The Morgan fingerprint density at radius 1 is 1.37 bits per heavy atom. The van der Waals surface area contributed by atoms with E-state index >= 15 is 0 Å². The van der Waals surface area contributed by atoms with Crippen molar-refractivity contribution in [3.63, 3.8) is 0 Å². The van der Waals surface area contributed by atoms with E-state index in [1.807, 2.05) is 36.1 Å². The summed E-state index contributed by atoms with van der Waals surface area (Å²) in [6, 6.07) is 7.87. The van der Waals surface area contributed by atoms with Crippen molar-refractivity contribution in [1.29, 1.82) is 0 Å². The van der Waals surface area contributed by atoms with Gasteiger partial charge in [0.05, 0.1) is 0 Å². The van der Waals surface area contributed by atoms with Crippen molar-refractivity contribution in [1.82, 2.24) is 4.90 Å². The highest BCUT2D eigenvalue weighted by Crippen LogP contribution is 2.29. The molecular weight excluding hydrogens is 236 g/mol. The van der Waals surface area contributed by atoms with Gasteiger partial charge in [-0.1, -0.05) is 43.2 Å². The molecule has 1 aliphatic rings. The molecule has 0 spiro atoms. The zero-order valence-electron chi connectivity index (χ0n) is 11.9. The predicted molar refractivity (Wildman–Crippen MR) is 77.8 cm³/mol. The van der Waals surface area contributed by atoms with Gasteiger partial charge in [-0.05, 0) is 31.7 Å². The monoisotopic (exact) mass is 260 g/mol. The summed E-state index contributed by atoms with van der Waals surface area (Å²) in [5, 5.41) is 0. The fourth-order valence-electron chi connectivity index (χ4n) is 2.28. The first-order valence-electron chi connectivity index (χ1n) is 7.26. The standard InChI is InChI=1S/C16H24N2O/c1-3-4-11-18(14-9-10-14)16(19)15(17)13-7-5-12(2)6-8-13/h5-8,14-15H,3-4,9-11,17H2,1-2H3. The number of nitrogens with zero attached hydrogens (tertiary/aromatic N) is 1. The van der Waals surface area contributed by atoms with Crippen LogP contribution in [0.3, 0.4) is 0 Å². The van der Waals surface area contributed by atoms with Crippen molar-refractivity contribution in [2.75, 3.05) is 6.54 Å². The number of hydrogen-bond donors (Lipinski definition) is 1. The summed E-state index contributed by atoms with van der Waals surface area (Å²) in [7, 11) is 0. The molecule has 0 aromatic heterocycles. The SMILES string of the molecule is CCCCN(C(=O)C(N)c1ccc(C)cc1)C1CC1. The largest absolute Gasteiger partial charge is 0.338 e. The van der Waals surface area contributed by atoms with Gasteiger partial charge in [-0.2, -0.15) is 0 Å². The molecule has 1 unspecified atom stereocenters. The van der Waals surface area contributed by atoms with Crippen LogP contribution >= 0.6 is 0 Å². The molecule has 104 valence electrons. The lowest BCUT2D eigenvalue weighted by molar-refractivity contribution is -0.133. The van der Waals surface area contributed by atoms with Crippen molar-refractivity contribution in [2.24, 2.45) is 5.73 Å². The Labute approximate surface area is 115 Å². The Morgan fingerprint density at radius 3 is 2.53 bits per heavy atom. The zero-order chi connectivity index (χ0) is 13.8. The second-order valence-electron chi connectivity index (χ2n) is 5.50. The molecule has 1 atom stereocenters. The molecule has 3 heteroatoms. The summed E-state index contributed by atoms with van der Waals surface area (Å²) in [6.45, 7) is 5.03. The molecule has 1 fully saturated rings. The molecule has 1 aromatic rings. The quantitative estimate of drug-likeness (QED) is 0.855. The average Bonchev–Trinajstić information content (AvgIpc) is 3.23. The summed E-state index contributed by atoms with van der Waals surface area (Å²) >= 11 is 0. The van der Waals surface area contributed by atoms with Gasteiger partial charge in [0, 0.05) is 12.6 Å². The first-order chi connectivity index (χ1) is 9.13. The van der Waals surface area contributed by atoms with Gasteiger partial charge in [0.25, 0.3) is 0 Å². The van der Waals surface area contributed by atoms with Crippen LogP contribution in [-0.4, -0.2) is 23.4 Å². The minimum absolute atomic E-state index is 0.0832. The Balaban J connectivity index is 2.05. The maximum absolute atomic E-state index is 12.5. The Hall–Kier alpha value is -1.35. The van der Waals surface area contributed by atoms with E-state index < -0.39 is 6.04 Å². The van der Waals surface area contributed by atoms with Gasteiger partial charge in [-0.15, -0.1) is 0 Å². The predicted octanol–water partition coefficient (Wildman–Crippen LogP) is 2.79. The molecular formula is C16H24N2O. The highest BCUT2D eigenvalue weighted by molar-refractivity contribution is 5.83. The van der Waals surface area contributed by atoms with Gasteiger partial charge in [0.15, 0.2) is 0 Å². The maximum Gasteiger partial charge on any atom is 0.244 e. The number of benzene rings is 1. The molecule has 19 heavy (non-hydrogen) atoms. The normalized spacial score (nSPS) is 16.2. The molecule has 1 amide bonds. The van der Waals surface area contributed by atoms with Crippen molar-refractivity contribution in [2.45, 2.75) is 51.6 Å². The van der Waals surface area contributed by atoms with E-state index in [1.54, 1.807) is 0 Å². The smallest absolute Gasteiger partial charge is 0.244 e. The lowest BCUT2D eigenvalue weighted by Gasteiger charge is -2.25. The van der Waals surface area contributed by atoms with E-state index in [-0.39, 0.29) is 5.91 Å². The number of carbonyl (C=O) groups is 1. The van der Waals surface area contributed by atoms with Crippen molar-refractivity contribution >= 4 is 5.91 Å². The highest BCUT2D eigenvalue weighted by Gasteiger charge is 2.34. The number of aryl methyl sites for hydroxylation is 1. The van der Waals surface area contributed by atoms with Gasteiger partial charge in [-0.25, -0.2) is 0 Å². The third kappa shape index (κ3) is 3.57. The Kier molecular flexibility index (Phi) is 4.59. The minimum atomic E-state index is -0.516. The van der Waals surface area contributed by atoms with Gasteiger partial charge in [0.1, 0.15) is 6.04 Å². The van der Waals surface area contributed by atoms with Crippen molar-refractivity contribution in [3.05, 3.63) is 35.4 Å². The second-order valence-corrected chi connectivity index (χ2v) is 5.50. The fourth-order valence-corrected chi connectivity index (χ4v) is 2.28. The maximum atomic E-state index is 12.5. The van der Waals surface area contributed by atoms with E-state index in [4.69, 9.17) is 5.73 Å². The summed E-state index contributed by atoms with van der Waals surface area (Å²) < 4.78 is 0. The van der Waals surface area contributed by atoms with E-state index in [9.17, 15) is 4.79 Å². The Morgan fingerprint density at radius 2 is 2.00 bits per heavy atom. The minimum Gasteiger partial charge on any atom is -0.338 e. The van der Waals surface area contributed by atoms with Crippen LogP contribution in [0.5, 0.6) is 0 Å². The van der Waals surface area contributed by atoms with Crippen LogP contribution in [0.15, 0.2) is 24.3 Å². The van der Waals surface area contributed by atoms with Crippen molar-refractivity contribution < 1.29 is 4.79 Å². The van der Waals surface area contributed by atoms with Crippen LogP contribution < -0.4 is 5.73 Å². The van der Waals surface area contributed by atoms with E-state index in [0.29, 0.717) is 6.04 Å². The molecule has 1 saturated carbocycles. The number of rotatable bonds is 6.